The fourth-order valence-electron chi connectivity index (χ4n) is 1.09. The van der Waals surface area contributed by atoms with Gasteiger partial charge in [-0.05, 0) is 28.8 Å². The van der Waals surface area contributed by atoms with Gasteiger partial charge < -0.3 is 4.74 Å². The molecule has 82 valence electrons. The van der Waals surface area contributed by atoms with Gasteiger partial charge in [-0.25, -0.2) is 4.98 Å². The summed E-state index contributed by atoms with van der Waals surface area (Å²) in [6.45, 7) is 0. The maximum Gasteiger partial charge on any atom is 0.421 e. The van der Waals surface area contributed by atoms with Gasteiger partial charge in [0.25, 0.3) is 0 Å². The third-order valence-corrected chi connectivity index (χ3v) is 2.39. The maximum absolute atomic E-state index is 12.5. The number of halogens is 4. The molecule has 1 aliphatic carbocycles. The van der Waals surface area contributed by atoms with Crippen LogP contribution in [-0.4, -0.2) is 11.1 Å². The van der Waals surface area contributed by atoms with E-state index in [0.29, 0.717) is 4.60 Å². The van der Waals surface area contributed by atoms with Crippen LogP contribution in [0.1, 0.15) is 18.4 Å². The van der Waals surface area contributed by atoms with Crippen molar-refractivity contribution in [1.82, 2.24) is 4.98 Å². The molecule has 0 atom stereocenters. The number of nitrogens with zero attached hydrogens (tertiary/aromatic N) is 1. The van der Waals surface area contributed by atoms with Crippen LogP contribution in [0.4, 0.5) is 13.2 Å². The quantitative estimate of drug-likeness (QED) is 0.775. The van der Waals surface area contributed by atoms with E-state index in [0.717, 1.165) is 19.0 Å². The molecule has 0 saturated heterocycles. The maximum atomic E-state index is 12.5. The minimum atomic E-state index is -4.42. The number of rotatable bonds is 2. The van der Waals surface area contributed by atoms with E-state index in [1.807, 2.05) is 0 Å². The zero-order chi connectivity index (χ0) is 11.1. The summed E-state index contributed by atoms with van der Waals surface area (Å²) in [6, 6.07) is 1.25. The van der Waals surface area contributed by atoms with Gasteiger partial charge in [-0.1, -0.05) is 0 Å². The van der Waals surface area contributed by atoms with Crippen molar-refractivity contribution in [3.05, 3.63) is 22.4 Å². The molecule has 0 N–H and O–H groups in total. The molecule has 0 spiro atoms. The number of ether oxygens (including phenoxy) is 1. The molecule has 6 heteroatoms. The Kier molecular flexibility index (Phi) is 2.62. The third kappa shape index (κ3) is 2.62. The van der Waals surface area contributed by atoms with E-state index >= 15 is 0 Å². The monoisotopic (exact) mass is 281 g/mol. The number of hydrogen-bond donors (Lipinski definition) is 0. The molecule has 0 aliphatic heterocycles. The number of alkyl halides is 3. The normalized spacial score (nSPS) is 16.5. The first-order valence-electron chi connectivity index (χ1n) is 4.36. The summed E-state index contributed by atoms with van der Waals surface area (Å²) in [6.07, 6.45) is -2.07. The topological polar surface area (TPSA) is 22.1 Å². The van der Waals surface area contributed by atoms with Crippen molar-refractivity contribution in [2.24, 2.45) is 0 Å². The zero-order valence-electron chi connectivity index (χ0n) is 7.51. The second-order valence-corrected chi connectivity index (χ2v) is 4.13. The van der Waals surface area contributed by atoms with E-state index in [-0.39, 0.29) is 11.9 Å². The van der Waals surface area contributed by atoms with E-state index in [2.05, 4.69) is 20.9 Å². The molecule has 1 fully saturated rings. The van der Waals surface area contributed by atoms with Crippen LogP contribution in [0, 0.1) is 0 Å². The molecule has 1 aliphatic rings. The SMILES string of the molecule is FC(F)(F)c1cnc(Br)cc1OC1CC1. The van der Waals surface area contributed by atoms with Gasteiger partial charge in [0.2, 0.25) is 0 Å². The molecular formula is C9H7BrF3NO. The Labute approximate surface area is 92.6 Å². The summed E-state index contributed by atoms with van der Waals surface area (Å²) in [5, 5.41) is 0. The number of aromatic nitrogens is 1. The Morgan fingerprint density at radius 1 is 1.40 bits per heavy atom. The lowest BCUT2D eigenvalue weighted by molar-refractivity contribution is -0.139. The Bertz CT molecular complexity index is 376. The lowest BCUT2D eigenvalue weighted by Crippen LogP contribution is -2.10. The number of hydrogen-bond acceptors (Lipinski definition) is 2. The van der Waals surface area contributed by atoms with Crippen molar-refractivity contribution < 1.29 is 17.9 Å². The molecule has 2 nitrogen and oxygen atoms in total. The average molecular weight is 282 g/mol. The largest absolute Gasteiger partial charge is 0.490 e. The molecule has 0 aromatic carbocycles. The standard InChI is InChI=1S/C9H7BrF3NO/c10-8-3-7(15-5-1-2-5)6(4-14-8)9(11,12)13/h3-5H,1-2H2. The van der Waals surface area contributed by atoms with Crippen molar-refractivity contribution in [3.8, 4) is 5.75 Å². The summed E-state index contributed by atoms with van der Waals surface area (Å²) < 4.78 is 43.1. The highest BCUT2D eigenvalue weighted by Crippen LogP contribution is 2.39. The summed E-state index contributed by atoms with van der Waals surface area (Å²) >= 11 is 3.01. The van der Waals surface area contributed by atoms with Gasteiger partial charge >= 0.3 is 6.18 Å². The van der Waals surface area contributed by atoms with Crippen molar-refractivity contribution in [1.29, 1.82) is 0 Å². The minimum absolute atomic E-state index is 0.0691. The molecule has 0 radical (unpaired) electrons. The summed E-state index contributed by atoms with van der Waals surface area (Å²) in [5.74, 6) is -0.146. The zero-order valence-corrected chi connectivity index (χ0v) is 9.10. The highest BCUT2D eigenvalue weighted by atomic mass is 79.9. The lowest BCUT2D eigenvalue weighted by atomic mass is 10.2. The highest BCUT2D eigenvalue weighted by molar-refractivity contribution is 9.10. The molecular weight excluding hydrogens is 275 g/mol. The van der Waals surface area contributed by atoms with Crippen LogP contribution in [0.2, 0.25) is 0 Å². The van der Waals surface area contributed by atoms with Crippen LogP contribution >= 0.6 is 15.9 Å². The summed E-state index contributed by atoms with van der Waals surface area (Å²) in [5.41, 5.74) is -0.822. The third-order valence-electron chi connectivity index (χ3n) is 1.96. The van der Waals surface area contributed by atoms with Gasteiger partial charge in [0.15, 0.2) is 0 Å². The fourth-order valence-corrected chi connectivity index (χ4v) is 1.40. The Hall–Kier alpha value is -0.780. The smallest absolute Gasteiger partial charge is 0.421 e. The number of pyridine rings is 1. The van der Waals surface area contributed by atoms with Crippen LogP contribution in [0.3, 0.4) is 0 Å². The summed E-state index contributed by atoms with van der Waals surface area (Å²) in [7, 11) is 0. The molecule has 1 aromatic rings. The second-order valence-electron chi connectivity index (χ2n) is 3.32. The van der Waals surface area contributed by atoms with Gasteiger partial charge in [-0.3, -0.25) is 0 Å². The molecule has 0 unspecified atom stereocenters. The lowest BCUT2D eigenvalue weighted by Gasteiger charge is -2.13. The predicted molar refractivity (Wildman–Crippen MR) is 50.6 cm³/mol. The summed E-state index contributed by atoms with van der Waals surface area (Å²) in [4.78, 5) is 3.55. The Morgan fingerprint density at radius 2 is 2.07 bits per heavy atom. The first-order chi connectivity index (χ1) is 6.97. The molecule has 15 heavy (non-hydrogen) atoms. The van der Waals surface area contributed by atoms with Gasteiger partial charge in [-0.2, -0.15) is 13.2 Å². The van der Waals surface area contributed by atoms with Crippen LogP contribution in [0.5, 0.6) is 5.75 Å². The van der Waals surface area contributed by atoms with Crippen molar-refractivity contribution in [2.75, 3.05) is 0 Å². The Balaban J connectivity index is 2.34. The molecule has 0 amide bonds. The van der Waals surface area contributed by atoms with Gasteiger partial charge in [0.05, 0.1) is 6.10 Å². The van der Waals surface area contributed by atoms with Gasteiger partial charge in [-0.15, -0.1) is 0 Å². The van der Waals surface area contributed by atoms with Gasteiger partial charge in [0, 0.05) is 12.3 Å². The Morgan fingerprint density at radius 3 is 2.60 bits per heavy atom. The second kappa shape index (κ2) is 3.66. The first-order valence-corrected chi connectivity index (χ1v) is 5.15. The van der Waals surface area contributed by atoms with Crippen LogP contribution in [0.15, 0.2) is 16.9 Å². The van der Waals surface area contributed by atoms with Crippen molar-refractivity contribution in [3.63, 3.8) is 0 Å². The predicted octanol–water partition coefficient (Wildman–Crippen LogP) is 3.40. The molecule has 1 saturated carbocycles. The van der Waals surface area contributed by atoms with Crippen LogP contribution in [-0.2, 0) is 6.18 Å². The van der Waals surface area contributed by atoms with Crippen LogP contribution in [0.25, 0.3) is 0 Å². The minimum Gasteiger partial charge on any atom is -0.490 e. The van der Waals surface area contributed by atoms with E-state index in [1.165, 1.54) is 6.07 Å². The van der Waals surface area contributed by atoms with Crippen molar-refractivity contribution >= 4 is 15.9 Å². The fraction of sp³-hybridized carbons (Fsp3) is 0.444. The first kappa shape index (κ1) is 10.7. The molecule has 1 aromatic heterocycles. The van der Waals surface area contributed by atoms with E-state index in [4.69, 9.17) is 4.74 Å². The van der Waals surface area contributed by atoms with E-state index in [1.54, 1.807) is 0 Å². The van der Waals surface area contributed by atoms with Crippen LogP contribution < -0.4 is 4.74 Å². The molecule has 0 bridgehead atoms. The van der Waals surface area contributed by atoms with E-state index in [9.17, 15) is 13.2 Å². The highest BCUT2D eigenvalue weighted by Gasteiger charge is 2.36. The average Bonchev–Trinajstić information content (AvgIpc) is 2.85. The molecule has 2 rings (SSSR count). The van der Waals surface area contributed by atoms with Crippen molar-refractivity contribution in [2.45, 2.75) is 25.1 Å². The molecule has 1 heterocycles. The van der Waals surface area contributed by atoms with E-state index < -0.39 is 11.7 Å². The van der Waals surface area contributed by atoms with Gasteiger partial charge in [0.1, 0.15) is 15.9 Å².